The minimum Gasteiger partial charge on any atom is -0.462 e. The molecule has 58 heavy (non-hydrogen) atoms. The van der Waals surface area contributed by atoms with Crippen LogP contribution in [0, 0.1) is 0 Å². The van der Waals surface area contributed by atoms with E-state index >= 15 is 0 Å². The summed E-state index contributed by atoms with van der Waals surface area (Å²) in [6.07, 6.45) is 58.8. The number of carbonyl (C=O) groups is 3. The van der Waals surface area contributed by atoms with Crippen LogP contribution in [0.25, 0.3) is 0 Å². The summed E-state index contributed by atoms with van der Waals surface area (Å²) in [7, 11) is 0. The van der Waals surface area contributed by atoms with Gasteiger partial charge in [-0.25, -0.2) is 0 Å². The number of hydrogen-bond donors (Lipinski definition) is 0. The molecule has 0 rings (SSSR count). The van der Waals surface area contributed by atoms with Crippen LogP contribution in [0.15, 0.2) is 85.1 Å². The first-order valence-electron chi connectivity index (χ1n) is 23.6. The maximum Gasteiger partial charge on any atom is 0.306 e. The molecule has 0 spiro atoms. The zero-order chi connectivity index (χ0) is 42.3. The highest BCUT2D eigenvalue weighted by molar-refractivity contribution is 5.71. The molecule has 6 nitrogen and oxygen atoms in total. The molecule has 0 heterocycles. The molecule has 0 aromatic rings. The molecule has 6 heteroatoms. The molecule has 0 saturated carbocycles. The van der Waals surface area contributed by atoms with E-state index in [-0.39, 0.29) is 38.0 Å². The van der Waals surface area contributed by atoms with Crippen molar-refractivity contribution in [2.45, 2.75) is 213 Å². The van der Waals surface area contributed by atoms with Gasteiger partial charge in [0.2, 0.25) is 0 Å². The van der Waals surface area contributed by atoms with Crippen molar-refractivity contribution in [2.75, 3.05) is 13.2 Å². The van der Waals surface area contributed by atoms with Crippen molar-refractivity contribution in [3.8, 4) is 0 Å². The molecule has 0 bridgehead atoms. The topological polar surface area (TPSA) is 78.9 Å². The number of rotatable bonds is 41. The largest absolute Gasteiger partial charge is 0.462 e. The molecule has 0 N–H and O–H groups in total. The monoisotopic (exact) mass is 807 g/mol. The molecular formula is C52H86O6. The number of ether oxygens (including phenoxy) is 3. The van der Waals surface area contributed by atoms with Gasteiger partial charge in [0.15, 0.2) is 6.10 Å². The Labute approximate surface area is 356 Å². The molecule has 0 radical (unpaired) electrons. The van der Waals surface area contributed by atoms with Gasteiger partial charge in [0.1, 0.15) is 13.2 Å². The Morgan fingerprint density at radius 1 is 0.379 bits per heavy atom. The van der Waals surface area contributed by atoms with E-state index in [0.29, 0.717) is 19.3 Å². The van der Waals surface area contributed by atoms with Crippen LogP contribution in [-0.4, -0.2) is 37.2 Å². The SMILES string of the molecule is CC/C=C\C/C=C\C/C=C\CCCC(=O)OCC(COC(=O)CCCCC/C=C\C=C/CCCCCCCCC)OC(=O)CC/C=C\C/C=C\CCCCCCCC. The molecule has 0 aromatic heterocycles. The lowest BCUT2D eigenvalue weighted by Crippen LogP contribution is -2.30. The number of hydrogen-bond acceptors (Lipinski definition) is 6. The number of carbonyl (C=O) groups excluding carboxylic acids is 3. The van der Waals surface area contributed by atoms with Crippen LogP contribution < -0.4 is 0 Å². The van der Waals surface area contributed by atoms with Crippen molar-refractivity contribution < 1.29 is 28.6 Å². The summed E-state index contributed by atoms with van der Waals surface area (Å²) in [5.74, 6) is -1.09. The summed E-state index contributed by atoms with van der Waals surface area (Å²) < 4.78 is 16.6. The Hall–Kier alpha value is -3.41. The van der Waals surface area contributed by atoms with E-state index in [9.17, 15) is 14.4 Å². The van der Waals surface area contributed by atoms with Crippen molar-refractivity contribution in [2.24, 2.45) is 0 Å². The van der Waals surface area contributed by atoms with E-state index in [1.54, 1.807) is 0 Å². The molecule has 0 aliphatic heterocycles. The van der Waals surface area contributed by atoms with Gasteiger partial charge < -0.3 is 14.2 Å². The average molecular weight is 807 g/mol. The summed E-state index contributed by atoms with van der Waals surface area (Å²) in [6, 6.07) is 0. The predicted molar refractivity (Wildman–Crippen MR) is 247 cm³/mol. The molecular weight excluding hydrogens is 721 g/mol. The smallest absolute Gasteiger partial charge is 0.306 e. The lowest BCUT2D eigenvalue weighted by Gasteiger charge is -2.18. The van der Waals surface area contributed by atoms with Crippen LogP contribution in [0.4, 0.5) is 0 Å². The highest BCUT2D eigenvalue weighted by Crippen LogP contribution is 2.11. The van der Waals surface area contributed by atoms with E-state index in [1.165, 1.54) is 83.5 Å². The highest BCUT2D eigenvalue weighted by atomic mass is 16.6. The molecule has 330 valence electrons. The lowest BCUT2D eigenvalue weighted by atomic mass is 10.1. The van der Waals surface area contributed by atoms with Gasteiger partial charge in [-0.1, -0.05) is 183 Å². The van der Waals surface area contributed by atoms with Gasteiger partial charge in [-0.05, 0) is 89.9 Å². The fraction of sp³-hybridized carbons (Fsp3) is 0.673. The molecule has 0 aromatic carbocycles. The van der Waals surface area contributed by atoms with Gasteiger partial charge >= 0.3 is 17.9 Å². The zero-order valence-electron chi connectivity index (χ0n) is 37.5. The third-order valence-electron chi connectivity index (χ3n) is 9.64. The first-order chi connectivity index (χ1) is 28.5. The molecule has 0 aliphatic carbocycles. The Balaban J connectivity index is 4.55. The maximum atomic E-state index is 12.7. The fourth-order valence-electron chi connectivity index (χ4n) is 6.10. The van der Waals surface area contributed by atoms with Crippen molar-refractivity contribution in [3.63, 3.8) is 0 Å². The van der Waals surface area contributed by atoms with Crippen molar-refractivity contribution in [1.29, 1.82) is 0 Å². The molecule has 0 amide bonds. The maximum absolute atomic E-state index is 12.7. The highest BCUT2D eigenvalue weighted by Gasteiger charge is 2.19. The van der Waals surface area contributed by atoms with Crippen LogP contribution >= 0.6 is 0 Å². The second-order valence-electron chi connectivity index (χ2n) is 15.3. The minimum atomic E-state index is -0.836. The van der Waals surface area contributed by atoms with E-state index in [1.807, 2.05) is 6.08 Å². The van der Waals surface area contributed by atoms with Gasteiger partial charge in [-0.3, -0.25) is 14.4 Å². The predicted octanol–water partition coefficient (Wildman–Crippen LogP) is 15.3. The second kappa shape index (κ2) is 46.3. The quantitative estimate of drug-likeness (QED) is 0.0201. The van der Waals surface area contributed by atoms with E-state index in [2.05, 4.69) is 99.8 Å². The summed E-state index contributed by atoms with van der Waals surface area (Å²) in [5, 5.41) is 0. The summed E-state index contributed by atoms with van der Waals surface area (Å²) in [6.45, 7) is 6.36. The van der Waals surface area contributed by atoms with E-state index in [4.69, 9.17) is 14.2 Å². The third kappa shape index (κ3) is 43.7. The molecule has 1 unspecified atom stereocenters. The van der Waals surface area contributed by atoms with Crippen LogP contribution in [0.1, 0.15) is 207 Å². The molecule has 0 fully saturated rings. The molecule has 0 saturated heterocycles. The number of unbranched alkanes of at least 4 members (excludes halogenated alkanes) is 17. The first-order valence-corrected chi connectivity index (χ1v) is 23.6. The van der Waals surface area contributed by atoms with Crippen LogP contribution in [0.2, 0.25) is 0 Å². The Morgan fingerprint density at radius 3 is 1.29 bits per heavy atom. The lowest BCUT2D eigenvalue weighted by molar-refractivity contribution is -0.166. The van der Waals surface area contributed by atoms with Crippen LogP contribution in [-0.2, 0) is 28.6 Å². The van der Waals surface area contributed by atoms with E-state index in [0.717, 1.165) is 70.6 Å². The third-order valence-corrected chi connectivity index (χ3v) is 9.64. The van der Waals surface area contributed by atoms with Crippen molar-refractivity contribution >= 4 is 17.9 Å². The summed E-state index contributed by atoms with van der Waals surface area (Å²) >= 11 is 0. The molecule has 0 aliphatic rings. The fourth-order valence-corrected chi connectivity index (χ4v) is 6.10. The van der Waals surface area contributed by atoms with Gasteiger partial charge in [0, 0.05) is 19.3 Å². The minimum absolute atomic E-state index is 0.129. The van der Waals surface area contributed by atoms with Crippen LogP contribution in [0.5, 0.6) is 0 Å². The van der Waals surface area contributed by atoms with Crippen molar-refractivity contribution in [3.05, 3.63) is 85.1 Å². The van der Waals surface area contributed by atoms with Gasteiger partial charge in [-0.15, -0.1) is 0 Å². The van der Waals surface area contributed by atoms with Gasteiger partial charge in [0.25, 0.3) is 0 Å². The average Bonchev–Trinajstić information content (AvgIpc) is 3.22. The molecule has 1 atom stereocenters. The first kappa shape index (κ1) is 54.6. The Morgan fingerprint density at radius 2 is 0.776 bits per heavy atom. The second-order valence-corrected chi connectivity index (χ2v) is 15.3. The van der Waals surface area contributed by atoms with Crippen LogP contribution in [0.3, 0.4) is 0 Å². The zero-order valence-corrected chi connectivity index (χ0v) is 37.5. The summed E-state index contributed by atoms with van der Waals surface area (Å²) in [4.78, 5) is 37.7. The number of allylic oxidation sites excluding steroid dienone is 14. The number of esters is 3. The summed E-state index contributed by atoms with van der Waals surface area (Å²) in [5.41, 5.74) is 0. The Bertz CT molecular complexity index is 1160. The normalized spacial score (nSPS) is 12.8. The standard InChI is InChI=1S/C52H86O6/c1-4-7-10-13-16-19-22-24-25-26-28-30-33-36-39-42-45-51(54)57-48-49(47-56-50(53)44-41-38-35-32-29-21-18-15-12-9-6-3)58-52(55)46-43-40-37-34-31-27-23-20-17-14-11-8-5-2/h9,12,18,21,25-28,30-32,35,37,40,49H,4-8,10-11,13-17,19-20,22-24,29,33-34,36,38-39,41-48H2,1-3H3/b12-9-,21-18-,26-25-,30-28-,31-27-,35-32-,40-37-. The van der Waals surface area contributed by atoms with E-state index < -0.39 is 12.1 Å². The van der Waals surface area contributed by atoms with Crippen molar-refractivity contribution in [1.82, 2.24) is 0 Å². The van der Waals surface area contributed by atoms with Gasteiger partial charge in [0.05, 0.1) is 0 Å². The Kier molecular flexibility index (Phi) is 43.6. The van der Waals surface area contributed by atoms with Gasteiger partial charge in [-0.2, -0.15) is 0 Å².